The topological polar surface area (TPSA) is 58.6 Å². The van der Waals surface area contributed by atoms with Gasteiger partial charge in [0.25, 0.3) is 0 Å². The number of rotatable bonds is 3. The van der Waals surface area contributed by atoms with Crippen LogP contribution in [-0.4, -0.2) is 57.5 Å². The van der Waals surface area contributed by atoms with Crippen LogP contribution in [0.1, 0.15) is 46.5 Å². The Morgan fingerprint density at radius 1 is 1.29 bits per heavy atom. The van der Waals surface area contributed by atoms with E-state index < -0.39 is 16.4 Å². The van der Waals surface area contributed by atoms with E-state index >= 15 is 0 Å². The first kappa shape index (κ1) is 16.7. The van der Waals surface area contributed by atoms with Gasteiger partial charge in [-0.2, -0.15) is 0 Å². The summed E-state index contributed by atoms with van der Waals surface area (Å²) in [6.45, 7) is 7.30. The Bertz CT molecular complexity index is 385. The van der Waals surface area contributed by atoms with Crippen molar-refractivity contribution in [3.8, 4) is 0 Å². The molecule has 2 aliphatic heterocycles. The van der Waals surface area contributed by atoms with Gasteiger partial charge in [0.2, 0.25) is 0 Å². The second kappa shape index (κ2) is 7.09. The average Bonchev–Trinajstić information content (AvgIpc) is 2.84. The number of likely N-dealkylation sites (tertiary alicyclic amines) is 1. The molecule has 2 rings (SSSR count). The number of amides is 1. The van der Waals surface area contributed by atoms with Gasteiger partial charge in [0.1, 0.15) is 5.60 Å². The zero-order valence-corrected chi connectivity index (χ0v) is 14.2. The lowest BCUT2D eigenvalue weighted by atomic mass is 10.1. The highest BCUT2D eigenvalue weighted by Gasteiger charge is 2.32. The summed E-state index contributed by atoms with van der Waals surface area (Å²) in [6.07, 6.45) is 3.83. The smallest absolute Gasteiger partial charge is 0.410 e. The predicted molar refractivity (Wildman–Crippen MR) is 84.9 cm³/mol. The maximum Gasteiger partial charge on any atom is 0.410 e. The Hall–Kier alpha value is -0.620. The molecule has 2 heterocycles. The highest BCUT2D eigenvalue weighted by atomic mass is 32.2. The van der Waals surface area contributed by atoms with E-state index in [0.29, 0.717) is 6.04 Å². The van der Waals surface area contributed by atoms with Crippen molar-refractivity contribution in [1.29, 1.82) is 0 Å². The summed E-state index contributed by atoms with van der Waals surface area (Å²) in [5.41, 5.74) is -0.439. The first-order valence-electron chi connectivity index (χ1n) is 7.93. The van der Waals surface area contributed by atoms with Gasteiger partial charge in [-0.3, -0.25) is 4.21 Å². The Labute approximate surface area is 130 Å². The van der Waals surface area contributed by atoms with Gasteiger partial charge in [0.15, 0.2) is 0 Å². The van der Waals surface area contributed by atoms with Gasteiger partial charge in [-0.05, 0) is 46.5 Å². The molecule has 0 aromatic rings. The summed E-state index contributed by atoms with van der Waals surface area (Å²) >= 11 is 0. The van der Waals surface area contributed by atoms with Crippen LogP contribution in [0.25, 0.3) is 0 Å². The van der Waals surface area contributed by atoms with Crippen molar-refractivity contribution in [3.05, 3.63) is 0 Å². The molecule has 1 N–H and O–H groups in total. The molecule has 0 saturated carbocycles. The lowest BCUT2D eigenvalue weighted by molar-refractivity contribution is 0.0224. The molecular weight excluding hydrogens is 288 g/mol. The number of hydrogen-bond acceptors (Lipinski definition) is 4. The monoisotopic (exact) mass is 316 g/mol. The first-order valence-corrected chi connectivity index (χ1v) is 9.42. The third kappa shape index (κ3) is 5.25. The standard InChI is InChI=1S/C15H28N2O3S/c1-15(2,3)20-14(18)17-8-4-5-13(17)11-16-12-6-9-21(19)10-7-12/h12-13,16H,4-11H2,1-3H3. The highest BCUT2D eigenvalue weighted by Crippen LogP contribution is 2.21. The van der Waals surface area contributed by atoms with E-state index in [1.165, 1.54) is 0 Å². The summed E-state index contributed by atoms with van der Waals surface area (Å²) in [5.74, 6) is 1.61. The first-order chi connectivity index (χ1) is 9.85. The second-order valence-corrected chi connectivity index (χ2v) is 8.70. The van der Waals surface area contributed by atoms with Crippen molar-refractivity contribution in [3.63, 3.8) is 0 Å². The average molecular weight is 316 g/mol. The molecule has 5 nitrogen and oxygen atoms in total. The quantitative estimate of drug-likeness (QED) is 0.864. The van der Waals surface area contributed by atoms with Crippen molar-refractivity contribution in [1.82, 2.24) is 10.2 Å². The normalized spacial score (nSPS) is 30.4. The van der Waals surface area contributed by atoms with Crippen LogP contribution in [0.5, 0.6) is 0 Å². The van der Waals surface area contributed by atoms with Gasteiger partial charge in [-0.25, -0.2) is 4.79 Å². The molecule has 0 aromatic heterocycles. The highest BCUT2D eigenvalue weighted by molar-refractivity contribution is 7.85. The molecule has 2 aliphatic rings. The minimum Gasteiger partial charge on any atom is -0.444 e. The van der Waals surface area contributed by atoms with E-state index in [1.807, 2.05) is 25.7 Å². The number of nitrogens with one attached hydrogen (secondary N) is 1. The fourth-order valence-corrected chi connectivity index (χ4v) is 4.21. The summed E-state index contributed by atoms with van der Waals surface area (Å²) in [5, 5.41) is 3.55. The van der Waals surface area contributed by atoms with Crippen LogP contribution in [0.2, 0.25) is 0 Å². The summed E-state index contributed by atoms with van der Waals surface area (Å²) in [6, 6.07) is 0.677. The SMILES string of the molecule is CC(C)(C)OC(=O)N1CCCC1CNC1CCS(=O)CC1. The van der Waals surface area contributed by atoms with Crippen molar-refractivity contribution in [2.75, 3.05) is 24.6 Å². The van der Waals surface area contributed by atoms with Crippen LogP contribution in [0, 0.1) is 0 Å². The molecule has 21 heavy (non-hydrogen) atoms. The van der Waals surface area contributed by atoms with Crippen LogP contribution in [0.4, 0.5) is 4.79 Å². The van der Waals surface area contributed by atoms with E-state index in [4.69, 9.17) is 4.74 Å². The van der Waals surface area contributed by atoms with Gasteiger partial charge in [-0.15, -0.1) is 0 Å². The molecule has 0 aliphatic carbocycles. The maximum atomic E-state index is 12.2. The van der Waals surface area contributed by atoms with Gasteiger partial charge in [0, 0.05) is 47.5 Å². The van der Waals surface area contributed by atoms with Crippen LogP contribution in [0.3, 0.4) is 0 Å². The number of ether oxygens (including phenoxy) is 1. The van der Waals surface area contributed by atoms with Crippen molar-refractivity contribution in [2.45, 2.75) is 64.1 Å². The zero-order valence-electron chi connectivity index (χ0n) is 13.4. The molecule has 1 amide bonds. The predicted octanol–water partition coefficient (Wildman–Crippen LogP) is 1.89. The number of carbonyl (C=O) groups excluding carboxylic acids is 1. The van der Waals surface area contributed by atoms with E-state index in [0.717, 1.165) is 50.3 Å². The summed E-state index contributed by atoms with van der Waals surface area (Å²) in [7, 11) is -0.617. The Morgan fingerprint density at radius 2 is 1.95 bits per heavy atom. The lowest BCUT2D eigenvalue weighted by Crippen LogP contribution is -2.47. The van der Waals surface area contributed by atoms with Crippen LogP contribution in [0.15, 0.2) is 0 Å². The van der Waals surface area contributed by atoms with E-state index in [9.17, 15) is 9.00 Å². The van der Waals surface area contributed by atoms with Crippen LogP contribution < -0.4 is 5.32 Å². The molecule has 1 atom stereocenters. The Kier molecular flexibility index (Phi) is 5.66. The fourth-order valence-electron chi connectivity index (χ4n) is 2.91. The van der Waals surface area contributed by atoms with Gasteiger partial charge >= 0.3 is 6.09 Å². The van der Waals surface area contributed by atoms with Crippen molar-refractivity contribution >= 4 is 16.9 Å². The third-order valence-corrected chi connectivity index (χ3v) is 5.42. The zero-order chi connectivity index (χ0) is 15.5. The Balaban J connectivity index is 1.79. The van der Waals surface area contributed by atoms with Crippen molar-refractivity contribution < 1.29 is 13.7 Å². The molecule has 0 bridgehead atoms. The Morgan fingerprint density at radius 3 is 2.57 bits per heavy atom. The van der Waals surface area contributed by atoms with Gasteiger partial charge in [-0.1, -0.05) is 0 Å². The molecule has 0 spiro atoms. The summed E-state index contributed by atoms with van der Waals surface area (Å²) < 4.78 is 16.8. The maximum absolute atomic E-state index is 12.2. The van der Waals surface area contributed by atoms with E-state index in [-0.39, 0.29) is 12.1 Å². The molecule has 0 radical (unpaired) electrons. The molecule has 6 heteroatoms. The molecule has 122 valence electrons. The summed E-state index contributed by atoms with van der Waals surface area (Å²) in [4.78, 5) is 14.1. The molecule has 1 unspecified atom stereocenters. The minimum atomic E-state index is -0.617. The van der Waals surface area contributed by atoms with E-state index in [1.54, 1.807) is 0 Å². The fraction of sp³-hybridized carbons (Fsp3) is 0.933. The number of hydrogen-bond donors (Lipinski definition) is 1. The third-order valence-electron chi connectivity index (χ3n) is 4.04. The largest absolute Gasteiger partial charge is 0.444 e. The van der Waals surface area contributed by atoms with Crippen LogP contribution in [-0.2, 0) is 15.5 Å². The van der Waals surface area contributed by atoms with Crippen LogP contribution >= 0.6 is 0 Å². The minimum absolute atomic E-state index is 0.198. The number of nitrogens with zero attached hydrogens (tertiary/aromatic N) is 1. The molecule has 0 aromatic carbocycles. The van der Waals surface area contributed by atoms with E-state index in [2.05, 4.69) is 5.32 Å². The number of carbonyl (C=O) groups is 1. The molecule has 2 fully saturated rings. The second-order valence-electron chi connectivity index (χ2n) is 7.00. The van der Waals surface area contributed by atoms with Gasteiger partial charge in [0.05, 0.1) is 0 Å². The van der Waals surface area contributed by atoms with Gasteiger partial charge < -0.3 is 15.0 Å². The van der Waals surface area contributed by atoms with Crippen molar-refractivity contribution in [2.24, 2.45) is 0 Å². The molecule has 2 saturated heterocycles. The lowest BCUT2D eigenvalue weighted by Gasteiger charge is -2.30. The molecular formula is C15H28N2O3S.